The van der Waals surface area contributed by atoms with E-state index in [4.69, 9.17) is 27.8 Å². The Morgan fingerprint density at radius 3 is 0.826 bits per heavy atom. The number of rotatable bonds is 8. The summed E-state index contributed by atoms with van der Waals surface area (Å²) in [5.74, 6) is 5.86. The van der Waals surface area contributed by atoms with Gasteiger partial charge in [-0.25, -0.2) is 0 Å². The third-order valence-corrected chi connectivity index (χ3v) is 35.2. The first-order valence-corrected chi connectivity index (χ1v) is 42.3. The van der Waals surface area contributed by atoms with Crippen molar-refractivity contribution < 1.29 is 27.8 Å². The number of hydrogen-bond donors (Lipinski definition) is 4. The molecule has 4 aromatic heterocycles. The Bertz CT molecular complexity index is 6500. The Balaban J connectivity index is 0.813. The summed E-state index contributed by atoms with van der Waals surface area (Å²) in [4.78, 5) is 0. The predicted molar refractivity (Wildman–Crippen MR) is 451 cm³/mol. The van der Waals surface area contributed by atoms with Gasteiger partial charge < -0.3 is 0 Å². The van der Waals surface area contributed by atoms with Crippen LogP contribution in [0.1, 0.15) is 0 Å². The molecule has 0 spiro atoms. The molecule has 24 rings (SSSR count). The van der Waals surface area contributed by atoms with E-state index < -0.39 is 13.3 Å². The molecule has 20 aromatic rings. The average molecular weight is 1500 g/mol. The molecule has 10 nitrogen and oxygen atoms in total. The van der Waals surface area contributed by atoms with Crippen molar-refractivity contribution in [1.82, 2.24) is 0 Å². The Hall–Kier alpha value is -13.5. The molecule has 0 fully saturated rings. The van der Waals surface area contributed by atoms with E-state index in [9.17, 15) is 0 Å². The van der Waals surface area contributed by atoms with E-state index >= 15 is 0 Å². The minimum atomic E-state index is -5.27. The second-order valence-corrected chi connectivity index (χ2v) is 38.0. The van der Waals surface area contributed by atoms with Crippen LogP contribution in [0.25, 0.3) is 129 Å². The van der Waals surface area contributed by atoms with Crippen LogP contribution in [0.3, 0.4) is 0 Å². The zero-order valence-corrected chi connectivity index (χ0v) is 61.5. The number of ether oxygens (including phenoxy) is 4. The van der Waals surface area contributed by atoms with E-state index in [1.165, 1.54) is 47.2 Å². The number of para-hydroxylation sites is 6. The van der Waals surface area contributed by atoms with Crippen LogP contribution in [-0.4, -0.2) is 13.3 Å². The minimum absolute atomic E-state index is 0.706. The van der Waals surface area contributed by atoms with Gasteiger partial charge in [0.05, 0.1) is 0 Å². The van der Waals surface area contributed by atoms with Gasteiger partial charge in [0.2, 0.25) is 0 Å². The summed E-state index contributed by atoms with van der Waals surface area (Å²) in [5.41, 5.74) is 18.3. The van der Waals surface area contributed by atoms with Crippen molar-refractivity contribution in [3.63, 3.8) is 0 Å². The molecule has 4 aliphatic rings. The molecule has 4 aliphatic heterocycles. The van der Waals surface area contributed by atoms with Crippen molar-refractivity contribution in [2.45, 2.75) is 0 Å². The molecule has 0 saturated carbocycles. The molecule has 109 heavy (non-hydrogen) atoms. The fourth-order valence-electron chi connectivity index (χ4n) is 17.9. The summed E-state index contributed by atoms with van der Waals surface area (Å²) >= 11 is -1.67. The summed E-state index contributed by atoms with van der Waals surface area (Å²) in [6, 6.07) is 113. The van der Waals surface area contributed by atoms with E-state index in [1.807, 2.05) is 48.5 Å². The molecule has 512 valence electrons. The molecule has 0 amide bonds. The van der Waals surface area contributed by atoms with Crippen molar-refractivity contribution in [3.8, 4) is 90.5 Å². The van der Waals surface area contributed by atoms with Crippen LogP contribution in [-0.2, 0) is 0 Å². The monoisotopic (exact) mass is 1500 g/mol. The third kappa shape index (κ3) is 8.84. The van der Waals surface area contributed by atoms with Crippen LogP contribution < -0.4 is 57.8 Å². The molecular weight excluding hydrogens is 1440 g/mol. The van der Waals surface area contributed by atoms with Crippen LogP contribution in [0, 0.1) is 0 Å². The summed E-state index contributed by atoms with van der Waals surface area (Å²) in [6.45, 7) is 0. The normalized spacial score (nSPS) is 13.0. The molecule has 0 aliphatic carbocycles. The molecule has 0 saturated heterocycles. The number of nitrogens with one attached hydrogen (secondary N) is 4. The number of thiophene rings is 2. The van der Waals surface area contributed by atoms with Crippen LogP contribution in [0.4, 0.5) is 45.5 Å². The number of furan rings is 2. The van der Waals surface area contributed by atoms with E-state index in [0.717, 1.165) is 168 Å². The first-order chi connectivity index (χ1) is 54.0. The van der Waals surface area contributed by atoms with Crippen molar-refractivity contribution in [2.75, 3.05) is 21.3 Å². The molecule has 0 atom stereocenters. The molecule has 0 unspecified atom stereocenters. The van der Waals surface area contributed by atoms with E-state index in [0.29, 0.717) is 23.0 Å². The van der Waals surface area contributed by atoms with Gasteiger partial charge in [0.15, 0.2) is 0 Å². The molecule has 0 bridgehead atoms. The van der Waals surface area contributed by atoms with Gasteiger partial charge in [-0.1, -0.05) is 0 Å². The second-order valence-electron chi connectivity index (χ2n) is 28.2. The first kappa shape index (κ1) is 60.7. The zero-order valence-electron chi connectivity index (χ0n) is 57.8. The van der Waals surface area contributed by atoms with Gasteiger partial charge in [-0.2, -0.15) is 0 Å². The summed E-state index contributed by atoms with van der Waals surface area (Å²) < 4.78 is 51.6. The van der Waals surface area contributed by atoms with Crippen molar-refractivity contribution in [2.24, 2.45) is 0 Å². The molecular formula is C96H56GeN4O6S2. The van der Waals surface area contributed by atoms with Crippen molar-refractivity contribution in [1.29, 1.82) is 0 Å². The van der Waals surface area contributed by atoms with Crippen LogP contribution in [0.2, 0.25) is 0 Å². The van der Waals surface area contributed by atoms with E-state index in [2.05, 4.69) is 288 Å². The Morgan fingerprint density at radius 2 is 0.468 bits per heavy atom. The van der Waals surface area contributed by atoms with Crippen LogP contribution >= 0.6 is 22.7 Å². The molecule has 8 heterocycles. The number of anilines is 8. The van der Waals surface area contributed by atoms with Crippen LogP contribution in [0.5, 0.6) is 46.0 Å². The standard InChI is InChI=1S/C96H56GeN4O6S2/c1-9-33-65(53(21-1)57-29-17-39-73-89(57)98-93-77(104-73)47-45-71-85(93)61-25-5-13-37-69(61)102-71)97(66-34-10-2-22-54(66)58-30-18-40-74-90(58)99-94-78(105-74)48-46-72-86(94)62-26-6-14-38-70(62)103-72,67-35-11-3-23-55(67)59-31-19-41-75-91(59)100-95-79(106-75)49-51-83-87(95)63-27-7-15-43-81(63)108-83)68-36-12-4-24-56(68)60-32-20-42-76-92(60)101-96-80(107-76)50-52-84-88(96)64-28-8-16-44-82(64)109-84/h1-52,98-101H. The molecule has 0 radical (unpaired) electrons. The maximum absolute atomic E-state index is 7.24. The first-order valence-electron chi connectivity index (χ1n) is 36.5. The predicted octanol–water partition coefficient (Wildman–Crippen LogP) is 25.7. The zero-order chi connectivity index (χ0) is 71.2. The summed E-state index contributed by atoms with van der Waals surface area (Å²) in [7, 11) is 0. The SMILES string of the molecule is c1cc[c]([Ge]([c]2ccccc2-c2cccc3c2Nc2c(ccc4oc5ccccc5c24)O3)([c]2ccccc2-c2cccc3c2Nc2c(ccc4sc5ccccc5c24)O3)[c]2ccccc2-c2cccc3c2Nc2c(ccc4sc5ccccc5c24)O3)c(-c2cccc3c2Nc2c(ccc4oc5ccccc5c24)O3)c1. The van der Waals surface area contributed by atoms with Gasteiger partial charge in [-0.15, -0.1) is 0 Å². The van der Waals surface area contributed by atoms with Gasteiger partial charge in [0.25, 0.3) is 0 Å². The Labute approximate surface area is 633 Å². The van der Waals surface area contributed by atoms with E-state index in [1.54, 1.807) is 22.7 Å². The van der Waals surface area contributed by atoms with Crippen LogP contribution in [0.15, 0.2) is 324 Å². The average Bonchev–Trinajstić information content (AvgIpc) is 1.62. The van der Waals surface area contributed by atoms with Gasteiger partial charge >= 0.3 is 638 Å². The second kappa shape index (κ2) is 23.3. The quantitative estimate of drug-likeness (QED) is 0.110. The topological polar surface area (TPSA) is 111 Å². The maximum atomic E-state index is 7.24. The fraction of sp³-hybridized carbons (Fsp3) is 0. The Kier molecular flexibility index (Phi) is 13.0. The van der Waals surface area contributed by atoms with Gasteiger partial charge in [-0.3, -0.25) is 0 Å². The Morgan fingerprint density at radius 1 is 0.193 bits per heavy atom. The van der Waals surface area contributed by atoms with E-state index in [-0.39, 0.29) is 0 Å². The third-order valence-electron chi connectivity index (χ3n) is 22.5. The summed E-state index contributed by atoms with van der Waals surface area (Å²) in [6.07, 6.45) is 0. The molecule has 13 heteroatoms. The number of hydrogen-bond acceptors (Lipinski definition) is 12. The van der Waals surface area contributed by atoms with Crippen molar-refractivity contribution in [3.05, 3.63) is 315 Å². The van der Waals surface area contributed by atoms with Gasteiger partial charge in [0.1, 0.15) is 0 Å². The number of benzene rings is 16. The number of fused-ring (bicyclic) bond motifs is 24. The van der Waals surface area contributed by atoms with Gasteiger partial charge in [0, 0.05) is 0 Å². The van der Waals surface area contributed by atoms with Gasteiger partial charge in [-0.05, 0) is 0 Å². The summed E-state index contributed by atoms with van der Waals surface area (Å²) in [5, 5.41) is 25.0. The fourth-order valence-corrected chi connectivity index (χ4v) is 31.9. The molecule has 4 N–H and O–H groups in total. The molecule has 16 aromatic carbocycles. The van der Waals surface area contributed by atoms with Crippen molar-refractivity contribution >= 4 is 183 Å².